The molecule has 2 unspecified atom stereocenters. The predicted octanol–water partition coefficient (Wildman–Crippen LogP) is 1.56. The number of piperidine rings is 1. The van der Waals surface area contributed by atoms with Crippen molar-refractivity contribution in [3.8, 4) is 0 Å². The van der Waals surface area contributed by atoms with E-state index in [1.54, 1.807) is 0 Å². The smallest absolute Gasteiger partial charge is 0.327 e. The van der Waals surface area contributed by atoms with Crippen LogP contribution < -0.4 is 5.32 Å². The molecule has 1 aliphatic heterocycles. The molecule has 0 spiro atoms. The second-order valence-corrected chi connectivity index (χ2v) is 6.61. The SMILES string of the molecule is CCCOC1CCCN(CC(C)(NC2CC2)C(=O)OC)C1. The van der Waals surface area contributed by atoms with E-state index in [1.165, 1.54) is 7.11 Å². The van der Waals surface area contributed by atoms with Gasteiger partial charge in [-0.05, 0) is 45.6 Å². The third kappa shape index (κ3) is 4.94. The lowest BCUT2D eigenvalue weighted by molar-refractivity contribution is -0.149. The van der Waals surface area contributed by atoms with Gasteiger partial charge in [-0.15, -0.1) is 0 Å². The molecule has 1 aliphatic carbocycles. The molecule has 2 atom stereocenters. The highest BCUT2D eigenvalue weighted by molar-refractivity contribution is 5.80. The van der Waals surface area contributed by atoms with Gasteiger partial charge in [0.2, 0.25) is 0 Å². The van der Waals surface area contributed by atoms with Crippen molar-refractivity contribution in [1.29, 1.82) is 0 Å². The lowest BCUT2D eigenvalue weighted by Crippen LogP contribution is -2.59. The third-order valence-corrected chi connectivity index (χ3v) is 4.30. The van der Waals surface area contributed by atoms with E-state index in [1.807, 2.05) is 6.92 Å². The molecular formula is C16H30N2O3. The summed E-state index contributed by atoms with van der Waals surface area (Å²) in [7, 11) is 1.47. The zero-order chi connectivity index (χ0) is 15.3. The Labute approximate surface area is 128 Å². The van der Waals surface area contributed by atoms with Crippen molar-refractivity contribution < 1.29 is 14.3 Å². The Morgan fingerprint density at radius 1 is 1.38 bits per heavy atom. The average Bonchev–Trinajstić information content (AvgIpc) is 3.28. The molecule has 0 bridgehead atoms. The molecule has 5 nitrogen and oxygen atoms in total. The summed E-state index contributed by atoms with van der Waals surface area (Å²) in [6, 6.07) is 0.478. The van der Waals surface area contributed by atoms with Crippen LogP contribution in [0.4, 0.5) is 0 Å². The molecule has 0 aromatic rings. The molecule has 0 amide bonds. The molecular weight excluding hydrogens is 268 g/mol. The first kappa shape index (κ1) is 16.7. The lowest BCUT2D eigenvalue weighted by Gasteiger charge is -2.38. The largest absolute Gasteiger partial charge is 0.468 e. The van der Waals surface area contributed by atoms with Crippen molar-refractivity contribution in [3.05, 3.63) is 0 Å². The van der Waals surface area contributed by atoms with E-state index in [2.05, 4.69) is 17.1 Å². The molecule has 0 radical (unpaired) electrons. The number of ether oxygens (including phenoxy) is 2. The van der Waals surface area contributed by atoms with E-state index < -0.39 is 5.54 Å². The minimum absolute atomic E-state index is 0.161. The molecule has 122 valence electrons. The van der Waals surface area contributed by atoms with E-state index in [4.69, 9.17) is 9.47 Å². The summed E-state index contributed by atoms with van der Waals surface area (Å²) in [4.78, 5) is 14.5. The Hall–Kier alpha value is -0.650. The van der Waals surface area contributed by atoms with Crippen molar-refractivity contribution in [2.45, 2.75) is 63.6 Å². The summed E-state index contributed by atoms with van der Waals surface area (Å²) < 4.78 is 10.9. The maximum atomic E-state index is 12.2. The van der Waals surface area contributed by atoms with Crippen molar-refractivity contribution >= 4 is 5.97 Å². The van der Waals surface area contributed by atoms with E-state index in [0.29, 0.717) is 18.7 Å². The van der Waals surface area contributed by atoms with Gasteiger partial charge in [-0.2, -0.15) is 0 Å². The number of likely N-dealkylation sites (tertiary alicyclic amines) is 1. The Morgan fingerprint density at radius 2 is 2.14 bits per heavy atom. The highest BCUT2D eigenvalue weighted by atomic mass is 16.5. The number of carbonyl (C=O) groups is 1. The van der Waals surface area contributed by atoms with Crippen molar-refractivity contribution in [2.24, 2.45) is 0 Å². The molecule has 2 rings (SSSR count). The van der Waals surface area contributed by atoms with Gasteiger partial charge in [0.15, 0.2) is 0 Å². The van der Waals surface area contributed by atoms with E-state index in [9.17, 15) is 4.79 Å². The standard InChI is InChI=1S/C16H30N2O3/c1-4-10-21-14-6-5-9-18(11-14)12-16(2,15(19)20-3)17-13-7-8-13/h13-14,17H,4-12H2,1-3H3. The Balaban J connectivity index is 1.90. The molecule has 5 heteroatoms. The Morgan fingerprint density at radius 3 is 2.76 bits per heavy atom. The van der Waals surface area contributed by atoms with Crippen LogP contribution in [0.15, 0.2) is 0 Å². The summed E-state index contributed by atoms with van der Waals surface area (Å²) in [6.45, 7) is 7.57. The molecule has 1 saturated carbocycles. The topological polar surface area (TPSA) is 50.8 Å². The number of nitrogens with one attached hydrogen (secondary N) is 1. The maximum Gasteiger partial charge on any atom is 0.327 e. The first-order valence-electron chi connectivity index (χ1n) is 8.27. The number of hydrogen-bond acceptors (Lipinski definition) is 5. The first-order chi connectivity index (χ1) is 10.1. The average molecular weight is 298 g/mol. The van der Waals surface area contributed by atoms with Crippen LogP contribution in [0, 0.1) is 0 Å². The fourth-order valence-electron chi connectivity index (χ4n) is 3.10. The zero-order valence-corrected chi connectivity index (χ0v) is 13.7. The van der Waals surface area contributed by atoms with Crippen LogP contribution in [-0.4, -0.2) is 61.9 Å². The van der Waals surface area contributed by atoms with Crippen LogP contribution in [0.5, 0.6) is 0 Å². The van der Waals surface area contributed by atoms with Gasteiger partial charge in [-0.1, -0.05) is 6.92 Å². The summed E-state index contributed by atoms with van der Waals surface area (Å²) in [5.41, 5.74) is -0.609. The van der Waals surface area contributed by atoms with Crippen molar-refractivity contribution in [1.82, 2.24) is 10.2 Å². The zero-order valence-electron chi connectivity index (χ0n) is 13.7. The van der Waals surface area contributed by atoms with E-state index in [-0.39, 0.29) is 5.97 Å². The molecule has 2 aliphatic rings. The molecule has 0 aromatic heterocycles. The van der Waals surface area contributed by atoms with Gasteiger partial charge < -0.3 is 9.47 Å². The van der Waals surface area contributed by atoms with Crippen molar-refractivity contribution in [2.75, 3.05) is 33.4 Å². The van der Waals surface area contributed by atoms with Crippen molar-refractivity contribution in [3.63, 3.8) is 0 Å². The molecule has 0 aromatic carbocycles. The molecule has 1 N–H and O–H groups in total. The second kappa shape index (κ2) is 7.56. The van der Waals surface area contributed by atoms with Crippen LogP contribution in [0.1, 0.15) is 46.0 Å². The minimum Gasteiger partial charge on any atom is -0.468 e. The third-order valence-electron chi connectivity index (χ3n) is 4.30. The van der Waals surface area contributed by atoms with E-state index in [0.717, 1.165) is 51.8 Å². The molecule has 21 heavy (non-hydrogen) atoms. The van der Waals surface area contributed by atoms with Gasteiger partial charge in [0.05, 0.1) is 13.2 Å². The number of carbonyl (C=O) groups excluding carboxylic acids is 1. The van der Waals surface area contributed by atoms with Crippen LogP contribution in [-0.2, 0) is 14.3 Å². The van der Waals surface area contributed by atoms with Crippen LogP contribution >= 0.6 is 0 Å². The molecule has 2 fully saturated rings. The van der Waals surface area contributed by atoms with Gasteiger partial charge >= 0.3 is 5.97 Å². The highest BCUT2D eigenvalue weighted by Crippen LogP contribution is 2.25. The lowest BCUT2D eigenvalue weighted by atomic mass is 9.99. The summed E-state index contributed by atoms with van der Waals surface area (Å²) >= 11 is 0. The quantitative estimate of drug-likeness (QED) is 0.689. The van der Waals surface area contributed by atoms with E-state index >= 15 is 0 Å². The van der Waals surface area contributed by atoms with Gasteiger partial charge in [-0.3, -0.25) is 15.0 Å². The van der Waals surface area contributed by atoms with Gasteiger partial charge in [0.25, 0.3) is 0 Å². The van der Waals surface area contributed by atoms with Crippen LogP contribution in [0.3, 0.4) is 0 Å². The fraction of sp³-hybridized carbons (Fsp3) is 0.938. The highest BCUT2D eigenvalue weighted by Gasteiger charge is 2.41. The summed E-state index contributed by atoms with van der Waals surface area (Å²) in [6.07, 6.45) is 5.95. The Bertz CT molecular complexity index is 346. The fourth-order valence-corrected chi connectivity index (χ4v) is 3.10. The number of rotatable bonds is 8. The predicted molar refractivity (Wildman–Crippen MR) is 82.3 cm³/mol. The number of hydrogen-bond donors (Lipinski definition) is 1. The molecule has 1 heterocycles. The molecule has 1 saturated heterocycles. The summed E-state index contributed by atoms with van der Waals surface area (Å²) in [5.74, 6) is -0.161. The van der Waals surface area contributed by atoms with Gasteiger partial charge in [0, 0.05) is 25.7 Å². The normalized spacial score (nSPS) is 26.3. The second-order valence-electron chi connectivity index (χ2n) is 6.61. The first-order valence-corrected chi connectivity index (χ1v) is 8.27. The number of methoxy groups -OCH3 is 1. The monoisotopic (exact) mass is 298 g/mol. The maximum absolute atomic E-state index is 12.2. The number of nitrogens with zero attached hydrogens (tertiary/aromatic N) is 1. The Kier molecular flexibility index (Phi) is 6.02. The minimum atomic E-state index is -0.609. The van der Waals surface area contributed by atoms with Crippen LogP contribution in [0.2, 0.25) is 0 Å². The number of esters is 1. The van der Waals surface area contributed by atoms with Gasteiger partial charge in [-0.25, -0.2) is 0 Å². The van der Waals surface area contributed by atoms with Crippen LogP contribution in [0.25, 0.3) is 0 Å². The van der Waals surface area contributed by atoms with Gasteiger partial charge in [0.1, 0.15) is 5.54 Å². The summed E-state index contributed by atoms with van der Waals surface area (Å²) in [5, 5.41) is 3.47.